The SMILES string of the molecule is CCC(NC(=O)c1n[nH]c(C)c1N)c1cccs1. The molecular formula is C12H16N4OS. The van der Waals surface area contributed by atoms with Gasteiger partial charge in [0.15, 0.2) is 5.69 Å². The number of rotatable bonds is 4. The number of nitrogens with two attached hydrogens (primary N) is 1. The molecule has 0 aromatic carbocycles. The van der Waals surface area contributed by atoms with Crippen molar-refractivity contribution in [2.45, 2.75) is 26.3 Å². The first-order valence-electron chi connectivity index (χ1n) is 5.78. The van der Waals surface area contributed by atoms with E-state index in [4.69, 9.17) is 5.73 Å². The quantitative estimate of drug-likeness (QED) is 0.792. The van der Waals surface area contributed by atoms with Crippen molar-refractivity contribution in [1.82, 2.24) is 15.5 Å². The molecule has 0 fully saturated rings. The minimum absolute atomic E-state index is 0.00825. The predicted octanol–water partition coefficient (Wildman–Crippen LogP) is 2.24. The van der Waals surface area contributed by atoms with Gasteiger partial charge in [-0.05, 0) is 24.8 Å². The van der Waals surface area contributed by atoms with Gasteiger partial charge in [-0.3, -0.25) is 9.89 Å². The molecule has 2 aromatic rings. The summed E-state index contributed by atoms with van der Waals surface area (Å²) in [4.78, 5) is 13.2. The van der Waals surface area contributed by atoms with E-state index >= 15 is 0 Å². The Balaban J connectivity index is 2.13. The molecule has 2 heterocycles. The second-order valence-electron chi connectivity index (χ2n) is 4.06. The van der Waals surface area contributed by atoms with Crippen LogP contribution < -0.4 is 11.1 Å². The van der Waals surface area contributed by atoms with Crippen LogP contribution in [0.15, 0.2) is 17.5 Å². The normalized spacial score (nSPS) is 12.3. The van der Waals surface area contributed by atoms with E-state index < -0.39 is 0 Å². The predicted molar refractivity (Wildman–Crippen MR) is 72.6 cm³/mol. The summed E-state index contributed by atoms with van der Waals surface area (Å²) < 4.78 is 0. The third-order valence-electron chi connectivity index (χ3n) is 2.81. The van der Waals surface area contributed by atoms with Crippen molar-refractivity contribution in [2.24, 2.45) is 0 Å². The molecule has 0 bridgehead atoms. The highest BCUT2D eigenvalue weighted by molar-refractivity contribution is 7.10. The maximum absolute atomic E-state index is 12.1. The van der Waals surface area contributed by atoms with Crippen LogP contribution in [0, 0.1) is 6.92 Å². The Labute approximate surface area is 109 Å². The number of hydrogen-bond acceptors (Lipinski definition) is 4. The van der Waals surface area contributed by atoms with Gasteiger partial charge in [-0.15, -0.1) is 11.3 Å². The fourth-order valence-corrected chi connectivity index (χ4v) is 2.56. The average molecular weight is 264 g/mol. The van der Waals surface area contributed by atoms with Gasteiger partial charge in [-0.2, -0.15) is 5.10 Å². The van der Waals surface area contributed by atoms with Crippen LogP contribution in [0.1, 0.15) is 40.4 Å². The van der Waals surface area contributed by atoms with E-state index in [2.05, 4.69) is 15.5 Å². The molecule has 6 heteroatoms. The zero-order chi connectivity index (χ0) is 13.1. The molecule has 1 amide bonds. The molecule has 0 aliphatic rings. The van der Waals surface area contributed by atoms with Crippen LogP contribution >= 0.6 is 11.3 Å². The molecule has 5 nitrogen and oxygen atoms in total. The Morgan fingerprint density at radius 3 is 2.94 bits per heavy atom. The molecule has 0 aliphatic heterocycles. The van der Waals surface area contributed by atoms with Crippen LogP contribution in [-0.2, 0) is 0 Å². The van der Waals surface area contributed by atoms with Crippen molar-refractivity contribution in [2.75, 3.05) is 5.73 Å². The second-order valence-corrected chi connectivity index (χ2v) is 5.04. The molecular weight excluding hydrogens is 248 g/mol. The largest absolute Gasteiger partial charge is 0.395 e. The summed E-state index contributed by atoms with van der Waals surface area (Å²) in [6.07, 6.45) is 0.829. The number of carbonyl (C=O) groups is 1. The number of amides is 1. The van der Waals surface area contributed by atoms with Gasteiger partial charge in [0.1, 0.15) is 0 Å². The molecule has 2 rings (SSSR count). The van der Waals surface area contributed by atoms with Crippen molar-refractivity contribution in [3.8, 4) is 0 Å². The first kappa shape index (κ1) is 12.6. The molecule has 2 aromatic heterocycles. The van der Waals surface area contributed by atoms with Crippen LogP contribution in [0.4, 0.5) is 5.69 Å². The lowest BCUT2D eigenvalue weighted by molar-refractivity contribution is 0.0932. The molecule has 0 saturated heterocycles. The number of anilines is 1. The number of aromatic amines is 1. The van der Waals surface area contributed by atoms with Crippen LogP contribution in [0.25, 0.3) is 0 Å². The van der Waals surface area contributed by atoms with Crippen LogP contribution in [0.3, 0.4) is 0 Å². The lowest BCUT2D eigenvalue weighted by Gasteiger charge is -2.14. The highest BCUT2D eigenvalue weighted by Gasteiger charge is 2.19. The summed E-state index contributed by atoms with van der Waals surface area (Å²) in [7, 11) is 0. The van der Waals surface area contributed by atoms with E-state index in [1.165, 1.54) is 0 Å². The van der Waals surface area contributed by atoms with Crippen LogP contribution in [0.5, 0.6) is 0 Å². The van der Waals surface area contributed by atoms with E-state index in [0.29, 0.717) is 11.4 Å². The summed E-state index contributed by atoms with van der Waals surface area (Å²) in [5.74, 6) is -0.239. The van der Waals surface area contributed by atoms with Gasteiger partial charge < -0.3 is 11.1 Å². The van der Waals surface area contributed by atoms with Gasteiger partial charge in [-0.1, -0.05) is 13.0 Å². The maximum Gasteiger partial charge on any atom is 0.274 e. The Kier molecular flexibility index (Phi) is 3.66. The summed E-state index contributed by atoms with van der Waals surface area (Å²) in [5, 5.41) is 11.6. The molecule has 0 spiro atoms. The molecule has 1 atom stereocenters. The van der Waals surface area contributed by atoms with Gasteiger partial charge in [-0.25, -0.2) is 0 Å². The number of nitrogens with zero attached hydrogens (tertiary/aromatic N) is 1. The molecule has 0 saturated carbocycles. The van der Waals surface area contributed by atoms with Gasteiger partial charge in [0.25, 0.3) is 5.91 Å². The third-order valence-corrected chi connectivity index (χ3v) is 3.80. The number of aryl methyl sites for hydroxylation is 1. The Hall–Kier alpha value is -1.82. The maximum atomic E-state index is 12.1. The van der Waals surface area contributed by atoms with Crippen LogP contribution in [0.2, 0.25) is 0 Å². The van der Waals surface area contributed by atoms with Crippen molar-refractivity contribution in [1.29, 1.82) is 0 Å². The molecule has 18 heavy (non-hydrogen) atoms. The van der Waals surface area contributed by atoms with E-state index in [1.807, 2.05) is 24.4 Å². The zero-order valence-electron chi connectivity index (χ0n) is 10.4. The van der Waals surface area contributed by atoms with Crippen molar-refractivity contribution in [3.05, 3.63) is 33.8 Å². The fourth-order valence-electron chi connectivity index (χ4n) is 1.70. The molecule has 0 radical (unpaired) electrons. The lowest BCUT2D eigenvalue weighted by Crippen LogP contribution is -2.28. The van der Waals surface area contributed by atoms with Crippen molar-refractivity contribution in [3.63, 3.8) is 0 Å². The molecule has 4 N–H and O–H groups in total. The minimum atomic E-state index is -0.239. The smallest absolute Gasteiger partial charge is 0.274 e. The summed E-state index contributed by atoms with van der Waals surface area (Å²) in [6.45, 7) is 3.82. The fraction of sp³-hybridized carbons (Fsp3) is 0.333. The van der Waals surface area contributed by atoms with Gasteiger partial charge >= 0.3 is 0 Å². The average Bonchev–Trinajstić information content (AvgIpc) is 2.98. The number of H-pyrrole nitrogens is 1. The second kappa shape index (κ2) is 5.22. The summed E-state index contributed by atoms with van der Waals surface area (Å²) in [6, 6.07) is 3.99. The van der Waals surface area contributed by atoms with Gasteiger partial charge in [0.2, 0.25) is 0 Å². The van der Waals surface area contributed by atoms with E-state index in [0.717, 1.165) is 11.3 Å². The van der Waals surface area contributed by atoms with Crippen molar-refractivity contribution >= 4 is 22.9 Å². The summed E-state index contributed by atoms with van der Waals surface area (Å²) >= 11 is 1.63. The molecule has 96 valence electrons. The van der Waals surface area contributed by atoms with Crippen LogP contribution in [-0.4, -0.2) is 16.1 Å². The number of carbonyl (C=O) groups excluding carboxylic acids is 1. The lowest BCUT2D eigenvalue weighted by atomic mass is 10.2. The highest BCUT2D eigenvalue weighted by atomic mass is 32.1. The van der Waals surface area contributed by atoms with Crippen molar-refractivity contribution < 1.29 is 4.79 Å². The zero-order valence-corrected chi connectivity index (χ0v) is 11.2. The monoisotopic (exact) mass is 264 g/mol. The minimum Gasteiger partial charge on any atom is -0.395 e. The molecule has 1 unspecified atom stereocenters. The third kappa shape index (κ3) is 2.38. The first-order valence-corrected chi connectivity index (χ1v) is 6.66. The number of nitrogens with one attached hydrogen (secondary N) is 2. The van der Waals surface area contributed by atoms with Gasteiger partial charge in [0.05, 0.1) is 17.4 Å². The Morgan fingerprint density at radius 1 is 1.67 bits per heavy atom. The number of thiophene rings is 1. The Morgan fingerprint density at radius 2 is 2.44 bits per heavy atom. The number of nitrogen functional groups attached to an aromatic ring is 1. The molecule has 0 aliphatic carbocycles. The number of aromatic nitrogens is 2. The standard InChI is InChI=1S/C12H16N4OS/c1-3-8(9-5-4-6-18-9)14-12(17)11-10(13)7(2)15-16-11/h4-6,8H,3,13H2,1-2H3,(H,14,17)(H,15,16). The van der Waals surface area contributed by atoms with E-state index in [9.17, 15) is 4.79 Å². The van der Waals surface area contributed by atoms with E-state index in [1.54, 1.807) is 18.3 Å². The van der Waals surface area contributed by atoms with E-state index in [-0.39, 0.29) is 17.6 Å². The number of hydrogen-bond donors (Lipinski definition) is 3. The summed E-state index contributed by atoms with van der Waals surface area (Å²) in [5.41, 5.74) is 7.18. The highest BCUT2D eigenvalue weighted by Crippen LogP contribution is 2.22. The first-order chi connectivity index (χ1) is 8.63. The van der Waals surface area contributed by atoms with Gasteiger partial charge in [0, 0.05) is 4.88 Å². The topological polar surface area (TPSA) is 83.8 Å². The Bertz CT molecular complexity index is 532.